The highest BCUT2D eigenvalue weighted by Crippen LogP contribution is 2.35. The highest BCUT2D eigenvalue weighted by Gasteiger charge is 2.33. The van der Waals surface area contributed by atoms with Crippen LogP contribution in [0.2, 0.25) is 0 Å². The van der Waals surface area contributed by atoms with Crippen LogP contribution in [0.4, 0.5) is 0 Å². The number of aryl methyl sites for hydroxylation is 1. The molecule has 2 aromatic heterocycles. The van der Waals surface area contributed by atoms with E-state index in [1.54, 1.807) is 11.6 Å². The van der Waals surface area contributed by atoms with E-state index in [0.717, 1.165) is 12.8 Å². The molecule has 0 aliphatic heterocycles. The average Bonchev–Trinajstić information content (AvgIpc) is 2.99. The van der Waals surface area contributed by atoms with Gasteiger partial charge in [-0.25, -0.2) is 13.1 Å². The lowest BCUT2D eigenvalue weighted by atomic mass is 10.5. The van der Waals surface area contributed by atoms with Crippen molar-refractivity contribution in [1.82, 2.24) is 30.3 Å². The van der Waals surface area contributed by atoms with Gasteiger partial charge in [-0.1, -0.05) is 5.16 Å². The van der Waals surface area contributed by atoms with E-state index in [1.807, 2.05) is 0 Å². The number of hydrogen-bond acceptors (Lipinski definition) is 8. The van der Waals surface area contributed by atoms with Gasteiger partial charge in [0.05, 0.1) is 6.04 Å². The molecule has 0 saturated heterocycles. The number of aromatic nitrogens is 6. The largest absolute Gasteiger partial charge is 0.338 e. The van der Waals surface area contributed by atoms with Crippen molar-refractivity contribution in [2.24, 2.45) is 0 Å². The molecule has 10 heteroatoms. The molecule has 1 unspecified atom stereocenters. The quantitative estimate of drug-likeness (QED) is 0.777. The third kappa shape index (κ3) is 2.42. The molecule has 0 bridgehead atoms. The normalized spacial score (nSPS) is 17.3. The van der Waals surface area contributed by atoms with Crippen LogP contribution in [-0.4, -0.2) is 38.8 Å². The van der Waals surface area contributed by atoms with Crippen LogP contribution < -0.4 is 0 Å². The first-order valence-corrected chi connectivity index (χ1v) is 7.97. The SMILES string of the molecule is Cc1noc(C(C)S(=O)(=O)Cc2nnnn2C2CC2)n1. The topological polar surface area (TPSA) is 117 Å². The van der Waals surface area contributed by atoms with Crippen LogP contribution >= 0.6 is 0 Å². The number of hydrogen-bond donors (Lipinski definition) is 0. The molecule has 2 aromatic rings. The molecule has 0 spiro atoms. The molecule has 1 aliphatic rings. The summed E-state index contributed by atoms with van der Waals surface area (Å²) in [6, 6.07) is 0.233. The molecule has 108 valence electrons. The summed E-state index contributed by atoms with van der Waals surface area (Å²) in [5.74, 6) is 0.618. The molecule has 20 heavy (non-hydrogen) atoms. The number of tetrazole rings is 1. The fraction of sp³-hybridized carbons (Fsp3) is 0.700. The maximum atomic E-state index is 12.4. The summed E-state index contributed by atoms with van der Waals surface area (Å²) in [4.78, 5) is 3.96. The Morgan fingerprint density at radius 3 is 2.80 bits per heavy atom. The zero-order chi connectivity index (χ0) is 14.3. The van der Waals surface area contributed by atoms with E-state index in [4.69, 9.17) is 4.52 Å². The highest BCUT2D eigenvalue weighted by molar-refractivity contribution is 7.90. The van der Waals surface area contributed by atoms with Gasteiger partial charge in [0.15, 0.2) is 21.5 Å². The van der Waals surface area contributed by atoms with E-state index in [0.29, 0.717) is 11.6 Å². The third-order valence-electron chi connectivity index (χ3n) is 3.21. The molecule has 0 amide bonds. The maximum absolute atomic E-state index is 12.4. The van der Waals surface area contributed by atoms with Gasteiger partial charge in [0.1, 0.15) is 11.0 Å². The zero-order valence-corrected chi connectivity index (χ0v) is 11.9. The fourth-order valence-corrected chi connectivity index (χ4v) is 3.05. The summed E-state index contributed by atoms with van der Waals surface area (Å²) in [5, 5.41) is 13.9. The summed E-state index contributed by atoms with van der Waals surface area (Å²) < 4.78 is 31.2. The first-order chi connectivity index (χ1) is 9.47. The number of nitrogens with zero attached hydrogens (tertiary/aromatic N) is 6. The van der Waals surface area contributed by atoms with E-state index in [-0.39, 0.29) is 17.7 Å². The number of rotatable bonds is 5. The van der Waals surface area contributed by atoms with Gasteiger partial charge in [-0.3, -0.25) is 0 Å². The number of sulfone groups is 1. The van der Waals surface area contributed by atoms with Crippen LogP contribution in [0.3, 0.4) is 0 Å². The highest BCUT2D eigenvalue weighted by atomic mass is 32.2. The smallest absolute Gasteiger partial charge is 0.244 e. The van der Waals surface area contributed by atoms with Crippen molar-refractivity contribution in [2.45, 2.75) is 43.7 Å². The minimum Gasteiger partial charge on any atom is -0.338 e. The molecule has 9 nitrogen and oxygen atoms in total. The maximum Gasteiger partial charge on any atom is 0.244 e. The Labute approximate surface area is 115 Å². The molecular weight excluding hydrogens is 284 g/mol. The van der Waals surface area contributed by atoms with Gasteiger partial charge in [0.25, 0.3) is 0 Å². The van der Waals surface area contributed by atoms with Crippen LogP contribution in [0.5, 0.6) is 0 Å². The van der Waals surface area contributed by atoms with Crippen molar-refractivity contribution >= 4 is 9.84 Å². The van der Waals surface area contributed by atoms with E-state index in [1.165, 1.54) is 6.92 Å². The molecule has 3 rings (SSSR count). The van der Waals surface area contributed by atoms with Crippen LogP contribution in [0, 0.1) is 6.92 Å². The molecule has 2 heterocycles. The molecular formula is C10H14N6O3S. The minimum absolute atomic E-state index is 0.0907. The Hall–Kier alpha value is -1.84. The first-order valence-electron chi connectivity index (χ1n) is 6.26. The van der Waals surface area contributed by atoms with Crippen molar-refractivity contribution in [3.8, 4) is 0 Å². The van der Waals surface area contributed by atoms with Crippen molar-refractivity contribution < 1.29 is 12.9 Å². The van der Waals surface area contributed by atoms with Crippen molar-refractivity contribution in [2.75, 3.05) is 0 Å². The van der Waals surface area contributed by atoms with Gasteiger partial charge in [-0.15, -0.1) is 5.10 Å². The molecule has 1 fully saturated rings. The lowest BCUT2D eigenvalue weighted by Crippen LogP contribution is -2.16. The second-order valence-corrected chi connectivity index (χ2v) is 7.22. The van der Waals surface area contributed by atoms with Crippen LogP contribution in [0.15, 0.2) is 4.52 Å². The molecule has 0 aromatic carbocycles. The van der Waals surface area contributed by atoms with Gasteiger partial charge >= 0.3 is 0 Å². The van der Waals surface area contributed by atoms with E-state index < -0.39 is 15.1 Å². The second-order valence-electron chi connectivity index (χ2n) is 4.90. The zero-order valence-electron chi connectivity index (χ0n) is 11.1. The van der Waals surface area contributed by atoms with E-state index in [9.17, 15) is 8.42 Å². The van der Waals surface area contributed by atoms with Crippen LogP contribution in [0.1, 0.15) is 48.6 Å². The predicted octanol–water partition coefficient (Wildman–Crippen LogP) is 0.375. The van der Waals surface area contributed by atoms with Gasteiger partial charge in [-0.05, 0) is 37.1 Å². The van der Waals surface area contributed by atoms with Crippen LogP contribution in [0.25, 0.3) is 0 Å². The van der Waals surface area contributed by atoms with Crippen molar-refractivity contribution in [3.05, 3.63) is 17.5 Å². The van der Waals surface area contributed by atoms with Crippen LogP contribution in [-0.2, 0) is 15.6 Å². The molecule has 1 saturated carbocycles. The van der Waals surface area contributed by atoms with Gasteiger partial charge in [0.2, 0.25) is 5.89 Å². The fourth-order valence-electron chi connectivity index (χ4n) is 1.85. The van der Waals surface area contributed by atoms with Crippen molar-refractivity contribution in [1.29, 1.82) is 0 Å². The average molecular weight is 298 g/mol. The second kappa shape index (κ2) is 4.62. The van der Waals surface area contributed by atoms with Gasteiger partial charge in [-0.2, -0.15) is 4.98 Å². The molecule has 0 N–H and O–H groups in total. The van der Waals surface area contributed by atoms with E-state index in [2.05, 4.69) is 25.7 Å². The van der Waals surface area contributed by atoms with Crippen molar-refractivity contribution in [3.63, 3.8) is 0 Å². The lowest BCUT2D eigenvalue weighted by molar-refractivity contribution is 0.372. The summed E-state index contributed by atoms with van der Waals surface area (Å²) in [6.45, 7) is 3.16. The first kappa shape index (κ1) is 13.2. The van der Waals surface area contributed by atoms with E-state index >= 15 is 0 Å². The minimum atomic E-state index is -3.51. The molecule has 0 radical (unpaired) electrons. The Bertz CT molecular complexity index is 717. The lowest BCUT2D eigenvalue weighted by Gasteiger charge is -2.08. The summed E-state index contributed by atoms with van der Waals surface area (Å²) in [5.41, 5.74) is 0. The molecule has 1 aliphatic carbocycles. The van der Waals surface area contributed by atoms with Gasteiger partial charge < -0.3 is 4.52 Å². The third-order valence-corrected chi connectivity index (χ3v) is 5.15. The Morgan fingerprint density at radius 1 is 1.45 bits per heavy atom. The monoisotopic (exact) mass is 298 g/mol. The standard InChI is InChI=1S/C10H14N6O3S/c1-6(10-11-7(2)13-19-10)20(17,18)5-9-12-14-15-16(9)8-3-4-8/h6,8H,3-5H2,1-2H3. The Morgan fingerprint density at radius 2 is 2.20 bits per heavy atom. The van der Waals surface area contributed by atoms with Gasteiger partial charge in [0, 0.05) is 0 Å². The Kier molecular flexibility index (Phi) is 3.04. The predicted molar refractivity (Wildman–Crippen MR) is 66.2 cm³/mol. The summed E-state index contributed by atoms with van der Waals surface area (Å²) >= 11 is 0. The molecule has 1 atom stereocenters. The summed E-state index contributed by atoms with van der Waals surface area (Å²) in [6.07, 6.45) is 1.97. The Balaban J connectivity index is 1.83. The summed E-state index contributed by atoms with van der Waals surface area (Å²) in [7, 11) is -3.51.